The number of aryl methyl sites for hydroxylation is 1. The summed E-state index contributed by atoms with van der Waals surface area (Å²) in [7, 11) is 0. The second-order valence-electron chi connectivity index (χ2n) is 5.50. The molecule has 7 nitrogen and oxygen atoms in total. The molecular weight excluding hydrogens is 280 g/mol. The second kappa shape index (κ2) is 5.25. The van der Waals surface area contributed by atoms with Gasteiger partial charge in [-0.2, -0.15) is 10.2 Å². The lowest BCUT2D eigenvalue weighted by molar-refractivity contribution is 0.0944. The number of rotatable bonds is 3. The standard InChI is InChI=1S/C15H16N6O/c22-15(13-9-4-1-2-6-11(9)18-20-13)17-8-12-10-5-3-7-16-14(10)21-19-12/h3,5,7H,1-2,4,6,8H2,(H,17,22)(H,18,20)(H,16,19,21). The number of aromatic amines is 2. The molecule has 0 bridgehead atoms. The van der Waals surface area contributed by atoms with Crippen LogP contribution in [0, 0.1) is 0 Å². The predicted octanol–water partition coefficient (Wildman–Crippen LogP) is 1.49. The Hall–Kier alpha value is -2.70. The minimum atomic E-state index is -0.147. The second-order valence-corrected chi connectivity index (χ2v) is 5.50. The van der Waals surface area contributed by atoms with Gasteiger partial charge in [-0.3, -0.25) is 15.0 Å². The Morgan fingerprint density at radius 3 is 3.09 bits per heavy atom. The maximum absolute atomic E-state index is 12.4. The first kappa shape index (κ1) is 13.0. The molecule has 4 rings (SSSR count). The normalized spacial score (nSPS) is 14.0. The van der Waals surface area contributed by atoms with Gasteiger partial charge >= 0.3 is 0 Å². The lowest BCUT2D eigenvalue weighted by Crippen LogP contribution is -2.25. The van der Waals surface area contributed by atoms with E-state index in [9.17, 15) is 4.79 Å². The Balaban J connectivity index is 1.52. The molecule has 22 heavy (non-hydrogen) atoms. The smallest absolute Gasteiger partial charge is 0.272 e. The fourth-order valence-electron chi connectivity index (χ4n) is 2.96. The number of amides is 1. The number of hydrogen-bond donors (Lipinski definition) is 3. The Kier molecular flexibility index (Phi) is 3.10. The molecule has 1 aliphatic rings. The molecule has 0 saturated heterocycles. The van der Waals surface area contributed by atoms with Crippen LogP contribution < -0.4 is 5.32 Å². The van der Waals surface area contributed by atoms with E-state index < -0.39 is 0 Å². The van der Waals surface area contributed by atoms with Crippen LogP contribution in [-0.2, 0) is 19.4 Å². The molecule has 3 heterocycles. The number of carbonyl (C=O) groups excluding carboxylic acids is 1. The predicted molar refractivity (Wildman–Crippen MR) is 80.3 cm³/mol. The van der Waals surface area contributed by atoms with Gasteiger partial charge in [0, 0.05) is 22.8 Å². The number of H-pyrrole nitrogens is 2. The van der Waals surface area contributed by atoms with Crippen LogP contribution >= 0.6 is 0 Å². The van der Waals surface area contributed by atoms with Crippen LogP contribution in [0.3, 0.4) is 0 Å². The van der Waals surface area contributed by atoms with E-state index in [0.717, 1.165) is 48.0 Å². The van der Waals surface area contributed by atoms with Crippen molar-refractivity contribution in [1.82, 2.24) is 30.7 Å². The van der Waals surface area contributed by atoms with Gasteiger partial charge in [0.15, 0.2) is 11.3 Å². The Morgan fingerprint density at radius 2 is 2.14 bits per heavy atom. The summed E-state index contributed by atoms with van der Waals surface area (Å²) >= 11 is 0. The average Bonchev–Trinajstić information content (AvgIpc) is 3.17. The van der Waals surface area contributed by atoms with Gasteiger partial charge in [-0.25, -0.2) is 4.98 Å². The van der Waals surface area contributed by atoms with Crippen LogP contribution in [-0.4, -0.2) is 31.3 Å². The van der Waals surface area contributed by atoms with Crippen LogP contribution in [0.15, 0.2) is 18.3 Å². The van der Waals surface area contributed by atoms with Crippen LogP contribution in [0.2, 0.25) is 0 Å². The summed E-state index contributed by atoms with van der Waals surface area (Å²) in [6.07, 6.45) is 5.87. The zero-order chi connectivity index (χ0) is 14.9. The quantitative estimate of drug-likeness (QED) is 0.681. The number of aromatic nitrogens is 5. The van der Waals surface area contributed by atoms with E-state index in [4.69, 9.17) is 0 Å². The fraction of sp³-hybridized carbons (Fsp3) is 0.333. The van der Waals surface area contributed by atoms with Gasteiger partial charge in [-0.05, 0) is 37.8 Å². The minimum Gasteiger partial charge on any atom is -0.345 e. The highest BCUT2D eigenvalue weighted by molar-refractivity contribution is 5.94. The summed E-state index contributed by atoms with van der Waals surface area (Å²) in [5.74, 6) is -0.147. The maximum atomic E-state index is 12.4. The van der Waals surface area contributed by atoms with Crippen LogP contribution in [0.25, 0.3) is 11.0 Å². The van der Waals surface area contributed by atoms with E-state index in [1.54, 1.807) is 6.20 Å². The molecule has 0 saturated carbocycles. The van der Waals surface area contributed by atoms with Gasteiger partial charge < -0.3 is 5.32 Å². The van der Waals surface area contributed by atoms with Crippen molar-refractivity contribution in [3.63, 3.8) is 0 Å². The highest BCUT2D eigenvalue weighted by Crippen LogP contribution is 2.22. The lowest BCUT2D eigenvalue weighted by Gasteiger charge is -2.10. The van der Waals surface area contributed by atoms with E-state index in [-0.39, 0.29) is 5.91 Å². The van der Waals surface area contributed by atoms with Gasteiger partial charge in [0.1, 0.15) is 0 Å². The summed E-state index contributed by atoms with van der Waals surface area (Å²) in [6, 6.07) is 3.79. The molecule has 3 N–H and O–H groups in total. The molecule has 3 aromatic rings. The average molecular weight is 296 g/mol. The number of fused-ring (bicyclic) bond motifs is 2. The van der Waals surface area contributed by atoms with Crippen molar-refractivity contribution in [2.45, 2.75) is 32.2 Å². The number of hydrogen-bond acceptors (Lipinski definition) is 4. The monoisotopic (exact) mass is 296 g/mol. The van der Waals surface area contributed by atoms with Gasteiger partial charge in [-0.1, -0.05) is 0 Å². The molecule has 0 radical (unpaired) electrons. The van der Waals surface area contributed by atoms with Gasteiger partial charge in [-0.15, -0.1) is 0 Å². The number of carbonyl (C=O) groups is 1. The van der Waals surface area contributed by atoms with Crippen molar-refractivity contribution >= 4 is 16.9 Å². The molecule has 0 atom stereocenters. The zero-order valence-corrected chi connectivity index (χ0v) is 12.0. The van der Waals surface area contributed by atoms with Crippen molar-refractivity contribution in [2.24, 2.45) is 0 Å². The summed E-state index contributed by atoms with van der Waals surface area (Å²) in [5.41, 5.74) is 4.20. The van der Waals surface area contributed by atoms with Crippen molar-refractivity contribution < 1.29 is 4.79 Å². The number of nitrogens with one attached hydrogen (secondary N) is 3. The first-order valence-electron chi connectivity index (χ1n) is 7.45. The zero-order valence-electron chi connectivity index (χ0n) is 12.0. The van der Waals surface area contributed by atoms with E-state index in [1.807, 2.05) is 12.1 Å². The SMILES string of the molecule is O=C(NCc1[nH]nc2ncccc12)c1n[nH]c2c1CCCC2. The van der Waals surface area contributed by atoms with Gasteiger partial charge in [0.25, 0.3) is 5.91 Å². The van der Waals surface area contributed by atoms with E-state index in [1.165, 1.54) is 0 Å². The fourth-order valence-corrected chi connectivity index (χ4v) is 2.96. The van der Waals surface area contributed by atoms with Crippen molar-refractivity contribution in [1.29, 1.82) is 0 Å². The van der Waals surface area contributed by atoms with Crippen molar-refractivity contribution in [2.75, 3.05) is 0 Å². The van der Waals surface area contributed by atoms with Crippen LogP contribution in [0.1, 0.15) is 40.3 Å². The largest absolute Gasteiger partial charge is 0.345 e. The maximum Gasteiger partial charge on any atom is 0.272 e. The molecular formula is C15H16N6O. The van der Waals surface area contributed by atoms with Crippen LogP contribution in [0.4, 0.5) is 0 Å². The summed E-state index contributed by atoms with van der Waals surface area (Å²) in [6.45, 7) is 0.378. The highest BCUT2D eigenvalue weighted by Gasteiger charge is 2.21. The Morgan fingerprint density at radius 1 is 1.23 bits per heavy atom. The first-order valence-corrected chi connectivity index (χ1v) is 7.45. The molecule has 0 aliphatic heterocycles. The molecule has 1 amide bonds. The van der Waals surface area contributed by atoms with Crippen molar-refractivity contribution in [3.8, 4) is 0 Å². The number of nitrogens with zero attached hydrogens (tertiary/aromatic N) is 3. The third-order valence-electron chi connectivity index (χ3n) is 4.11. The molecule has 0 unspecified atom stereocenters. The van der Waals surface area contributed by atoms with Gasteiger partial charge in [0.05, 0.1) is 12.2 Å². The van der Waals surface area contributed by atoms with E-state index in [0.29, 0.717) is 17.9 Å². The molecule has 0 spiro atoms. The van der Waals surface area contributed by atoms with Crippen molar-refractivity contribution in [3.05, 3.63) is 41.0 Å². The first-order chi connectivity index (χ1) is 10.8. The van der Waals surface area contributed by atoms with E-state index in [2.05, 4.69) is 30.7 Å². The summed E-state index contributed by atoms with van der Waals surface area (Å²) < 4.78 is 0. The molecule has 1 aliphatic carbocycles. The third-order valence-corrected chi connectivity index (χ3v) is 4.11. The highest BCUT2D eigenvalue weighted by atomic mass is 16.1. The Bertz CT molecular complexity index is 834. The number of pyridine rings is 1. The molecule has 3 aromatic heterocycles. The topological polar surface area (TPSA) is 99.3 Å². The summed E-state index contributed by atoms with van der Waals surface area (Å²) in [5, 5.41) is 18.0. The molecule has 7 heteroatoms. The summed E-state index contributed by atoms with van der Waals surface area (Å²) in [4.78, 5) is 16.5. The van der Waals surface area contributed by atoms with E-state index >= 15 is 0 Å². The van der Waals surface area contributed by atoms with Gasteiger partial charge in [0.2, 0.25) is 0 Å². The van der Waals surface area contributed by atoms with Crippen LogP contribution in [0.5, 0.6) is 0 Å². The lowest BCUT2D eigenvalue weighted by atomic mass is 9.96. The Labute approximate surface area is 126 Å². The minimum absolute atomic E-state index is 0.147. The molecule has 0 aromatic carbocycles. The molecule has 0 fully saturated rings. The third kappa shape index (κ3) is 2.14. The molecule has 112 valence electrons.